The molecule has 12 nitrogen and oxygen atoms in total. The number of carbonyl (C=O) groups excluding carboxylic acids is 4. The molecule has 0 spiro atoms. The number of aliphatic imine (C=N–C) groups is 1. The van der Waals surface area contributed by atoms with Crippen molar-refractivity contribution in [3.8, 4) is 0 Å². The minimum Gasteiger partial charge on any atom is -0.858 e. The normalized spacial score (nSPS) is 10.4. The molecule has 0 radical (unpaired) electrons. The van der Waals surface area contributed by atoms with Gasteiger partial charge >= 0.3 is 43.7 Å². The summed E-state index contributed by atoms with van der Waals surface area (Å²) in [7, 11) is 2.79. The Kier molecular flexibility index (Phi) is 19.2. The second-order valence-corrected chi connectivity index (χ2v) is 13.7. The summed E-state index contributed by atoms with van der Waals surface area (Å²) in [6.07, 6.45) is 0. The number of hydrogen-bond donors (Lipinski definition) is 4. The molecule has 2 rings (SSSR count). The topological polar surface area (TPSA) is 200 Å². The monoisotopic (exact) mass is 1270 g/mol. The van der Waals surface area contributed by atoms with Crippen LogP contribution in [-0.4, -0.2) is 92.5 Å². The number of rotatable bonds is 6. The Morgan fingerprint density at radius 3 is 1.39 bits per heavy atom. The summed E-state index contributed by atoms with van der Waals surface area (Å²) < 4.78 is 2.27. The van der Waals surface area contributed by atoms with Crippen LogP contribution in [0.15, 0.2) is 4.99 Å². The number of nitrogens with one attached hydrogen (secondary N) is 3. The zero-order valence-electron chi connectivity index (χ0n) is 21.2. The van der Waals surface area contributed by atoms with Gasteiger partial charge in [-0.1, -0.05) is 0 Å². The molecule has 2 aromatic carbocycles. The first kappa shape index (κ1) is 41.9. The van der Waals surface area contributed by atoms with E-state index in [1.54, 1.807) is 45.2 Å². The molecule has 2 aromatic rings. The van der Waals surface area contributed by atoms with Gasteiger partial charge in [0.05, 0.1) is 35.6 Å². The Balaban J connectivity index is 0.000000762. The van der Waals surface area contributed by atoms with Gasteiger partial charge in [0, 0.05) is 53.4 Å². The fourth-order valence-corrected chi connectivity index (χ4v) is 11.6. The fraction of sp³-hybridized carbons (Fsp3) is 0.182. The number of aromatic carboxylic acids is 2. The Morgan fingerprint density at radius 1 is 0.683 bits per heavy atom. The van der Waals surface area contributed by atoms with Gasteiger partial charge in [-0.05, 0) is 141 Å². The average Bonchev–Trinajstić information content (AvgIpc) is 2.83. The van der Waals surface area contributed by atoms with Crippen LogP contribution in [0, 0.1) is 21.4 Å². The third-order valence-corrected chi connectivity index (χ3v) is 11.0. The number of halogens is 6. The van der Waals surface area contributed by atoms with Crippen molar-refractivity contribution >= 4 is 220 Å². The molecule has 41 heavy (non-hydrogen) atoms. The van der Waals surface area contributed by atoms with Crippen molar-refractivity contribution in [2.45, 2.75) is 13.8 Å². The third kappa shape index (κ3) is 10.5. The van der Waals surface area contributed by atoms with Crippen molar-refractivity contribution in [1.29, 1.82) is 0 Å². The molecule has 0 saturated heterocycles. The van der Waals surface area contributed by atoms with E-state index >= 15 is 0 Å². The molecule has 3 amide bonds. The van der Waals surface area contributed by atoms with Crippen molar-refractivity contribution in [3.63, 3.8) is 0 Å². The molecule has 0 aromatic heterocycles. The Morgan fingerprint density at radius 2 is 1.05 bits per heavy atom. The second kappa shape index (κ2) is 18.8. The Bertz CT molecular complexity index is 1470. The molecule has 0 bridgehead atoms. The number of carboxylic acid groups (broad SMARTS) is 2. The Labute approximate surface area is 346 Å². The van der Waals surface area contributed by atoms with E-state index in [1.807, 2.05) is 90.4 Å². The van der Waals surface area contributed by atoms with E-state index in [-0.39, 0.29) is 81.1 Å². The minimum absolute atomic E-state index is 0. The summed E-state index contributed by atoms with van der Waals surface area (Å²) in [5.74, 6) is -4.20. The quantitative estimate of drug-likeness (QED) is 0.147. The van der Waals surface area contributed by atoms with E-state index in [2.05, 4.69) is 20.9 Å². The molecular weight excluding hydrogens is 1250 g/mol. The van der Waals surface area contributed by atoms with Crippen LogP contribution in [0.4, 0.5) is 11.4 Å². The summed E-state index contributed by atoms with van der Waals surface area (Å²) in [5.41, 5.74) is 0.907. The van der Waals surface area contributed by atoms with Crippen LogP contribution in [-0.2, 0) is 9.59 Å². The minimum atomic E-state index is -1.41. The first-order valence-electron chi connectivity index (χ1n) is 10.2. The van der Waals surface area contributed by atoms with E-state index in [9.17, 15) is 39.3 Å². The molecule has 4 N–H and O–H groups in total. The third-order valence-electron chi connectivity index (χ3n) is 4.53. The smallest absolute Gasteiger partial charge is 0.858 e. The van der Waals surface area contributed by atoms with Gasteiger partial charge in [0.25, 0.3) is 5.91 Å². The average molecular weight is 1270 g/mol. The van der Waals surface area contributed by atoms with Crippen molar-refractivity contribution < 1.29 is 39.3 Å². The molecule has 0 aliphatic rings. The van der Waals surface area contributed by atoms with E-state index < -0.39 is 23.7 Å². The first-order valence-corrected chi connectivity index (χ1v) is 16.7. The van der Waals surface area contributed by atoms with Crippen LogP contribution >= 0.6 is 136 Å². The van der Waals surface area contributed by atoms with Crippen molar-refractivity contribution in [3.05, 3.63) is 43.7 Å². The maximum atomic E-state index is 12.0. The van der Waals surface area contributed by atoms with Crippen LogP contribution in [0.25, 0.3) is 0 Å². The number of anilines is 2. The summed E-state index contributed by atoms with van der Waals surface area (Å²) >= 11 is 11.1. The van der Waals surface area contributed by atoms with E-state index in [1.165, 1.54) is 27.9 Å². The molecule has 0 saturated carbocycles. The summed E-state index contributed by atoms with van der Waals surface area (Å²) in [5, 5.41) is 40.1. The van der Waals surface area contributed by atoms with Gasteiger partial charge in [-0.2, -0.15) is 0 Å². The van der Waals surface area contributed by atoms with E-state index in [0.717, 1.165) is 0 Å². The zero-order valence-corrected chi connectivity index (χ0v) is 36.4. The molecule has 0 fully saturated rings. The number of nitrogens with zero attached hydrogens (tertiary/aromatic N) is 1. The van der Waals surface area contributed by atoms with Gasteiger partial charge in [0.2, 0.25) is 11.8 Å². The summed E-state index contributed by atoms with van der Waals surface area (Å²) in [6.45, 7) is 2.62. The predicted octanol–water partition coefficient (Wildman–Crippen LogP) is 2.69. The van der Waals surface area contributed by atoms with Crippen molar-refractivity contribution in [1.82, 2.24) is 5.32 Å². The molecule has 0 aliphatic heterocycles. The largest absolute Gasteiger partial charge is 2.00 e. The maximum absolute atomic E-state index is 12.0. The summed E-state index contributed by atoms with van der Waals surface area (Å²) in [6, 6.07) is 0. The molecular formula is C22H16CaI6N4O8. The molecule has 0 unspecified atom stereocenters. The van der Waals surface area contributed by atoms with Crippen LogP contribution in [0.5, 0.6) is 0 Å². The van der Waals surface area contributed by atoms with Crippen LogP contribution in [0.3, 0.4) is 0 Å². The number of carboxylic acids is 2. The molecule has 0 aliphatic carbocycles. The van der Waals surface area contributed by atoms with Crippen molar-refractivity contribution in [2.24, 2.45) is 4.99 Å². The second-order valence-electron chi connectivity index (χ2n) is 7.20. The van der Waals surface area contributed by atoms with Crippen molar-refractivity contribution in [2.75, 3.05) is 24.7 Å². The number of benzene rings is 2. The molecule has 0 heterocycles. The van der Waals surface area contributed by atoms with E-state index in [0.29, 0.717) is 23.5 Å². The maximum Gasteiger partial charge on any atom is 2.00 e. The standard InChI is InChI=1S/2C11H9I3N2O4.Ca/c2*1-3(17)16-9-7(13)4(10(18)15-2)6(12)5(8(9)14)11(19)20;/h2*1-2H3,(H,15,18)(H,16,17)(H,19,20);/q;;+2/p-2. The Hall–Kier alpha value is 0.900. The number of amides is 3. The van der Waals surface area contributed by atoms with Gasteiger partial charge in [0.1, 0.15) is 0 Å². The predicted molar refractivity (Wildman–Crippen MR) is 201 cm³/mol. The molecule has 216 valence electrons. The number of carbonyl (C=O) groups is 5. The van der Waals surface area contributed by atoms with E-state index in [4.69, 9.17) is 0 Å². The van der Waals surface area contributed by atoms with Crippen LogP contribution in [0.1, 0.15) is 50.5 Å². The van der Waals surface area contributed by atoms with Gasteiger partial charge in [-0.15, -0.1) is 0 Å². The fourth-order valence-electron chi connectivity index (χ4n) is 2.89. The zero-order chi connectivity index (χ0) is 31.2. The van der Waals surface area contributed by atoms with Gasteiger partial charge in [-0.3, -0.25) is 14.4 Å². The molecule has 19 heteroatoms. The SMILES string of the molecule is CN=C([O-])c1c(I)c(NC(C)=O)c(I)c(C(=O)[O-])c1I.CNC(=O)c1c(I)c(NC(C)=O)c(I)c(C(=O)O)c1I.[Ca+2]. The van der Waals surface area contributed by atoms with Crippen LogP contribution < -0.4 is 26.2 Å². The molecule has 0 atom stereocenters. The van der Waals surface area contributed by atoms with Gasteiger partial charge in [0.15, 0.2) is 0 Å². The summed E-state index contributed by atoms with van der Waals surface area (Å²) in [4.78, 5) is 60.7. The van der Waals surface area contributed by atoms with Gasteiger partial charge < -0.3 is 41.1 Å². The number of hydrogen-bond acceptors (Lipinski definition) is 8. The first-order chi connectivity index (χ1) is 18.4. The van der Waals surface area contributed by atoms with Gasteiger partial charge in [-0.25, -0.2) is 4.79 Å². The van der Waals surface area contributed by atoms with Crippen LogP contribution in [0.2, 0.25) is 0 Å².